The van der Waals surface area contributed by atoms with E-state index in [0.29, 0.717) is 13.1 Å². The van der Waals surface area contributed by atoms with E-state index in [1.165, 1.54) is 0 Å². The van der Waals surface area contributed by atoms with Gasteiger partial charge >= 0.3 is 0 Å². The number of aliphatic imine (C=N–C) groups is 1. The second-order valence-electron chi connectivity index (χ2n) is 3.98. The molecule has 1 amide bonds. The van der Waals surface area contributed by atoms with Crippen molar-refractivity contribution < 1.29 is 4.79 Å². The third-order valence-corrected chi connectivity index (χ3v) is 2.95. The van der Waals surface area contributed by atoms with Gasteiger partial charge in [0.2, 0.25) is 5.91 Å². The highest BCUT2D eigenvalue weighted by atomic mass is 16.2. The molecule has 15 heavy (non-hydrogen) atoms. The highest BCUT2D eigenvalue weighted by Crippen LogP contribution is 2.22. The van der Waals surface area contributed by atoms with Gasteiger partial charge in [-0.05, 0) is 12.8 Å². The predicted octanol–water partition coefficient (Wildman–Crippen LogP) is -0.672. The molecule has 1 atom stereocenters. The Kier molecular flexibility index (Phi) is 3.20. The number of amides is 1. The maximum Gasteiger partial charge on any atom is 0.242 e. The van der Waals surface area contributed by atoms with Gasteiger partial charge in [0.05, 0.1) is 5.84 Å². The van der Waals surface area contributed by atoms with Gasteiger partial charge in [-0.25, -0.2) is 0 Å². The number of carbonyl (C=O) groups excluding carboxylic acids is 1. The quantitative estimate of drug-likeness (QED) is 0.649. The second-order valence-corrected chi connectivity index (χ2v) is 3.98. The molecular formula is C10H18N4O. The summed E-state index contributed by atoms with van der Waals surface area (Å²) in [6, 6.07) is -0.00407. The number of rotatable bonds is 3. The lowest BCUT2D eigenvalue weighted by atomic mass is 10.2. The Bertz CT molecular complexity index is 277. The zero-order valence-corrected chi connectivity index (χ0v) is 8.91. The van der Waals surface area contributed by atoms with Gasteiger partial charge in [-0.1, -0.05) is 0 Å². The molecule has 0 bridgehead atoms. The van der Waals surface area contributed by atoms with Gasteiger partial charge in [-0.2, -0.15) is 0 Å². The van der Waals surface area contributed by atoms with Crippen molar-refractivity contribution in [3.05, 3.63) is 0 Å². The van der Waals surface area contributed by atoms with Gasteiger partial charge in [0, 0.05) is 32.6 Å². The molecule has 0 saturated carbocycles. The van der Waals surface area contributed by atoms with Crippen molar-refractivity contribution in [2.24, 2.45) is 10.7 Å². The van der Waals surface area contributed by atoms with Crippen LogP contribution in [0.5, 0.6) is 0 Å². The SMILES string of the molecule is NCCNC(=O)C1CCC2=NCCCN21. The number of hydrogen-bond donors (Lipinski definition) is 2. The molecule has 5 nitrogen and oxygen atoms in total. The monoisotopic (exact) mass is 210 g/mol. The van der Waals surface area contributed by atoms with Crippen LogP contribution in [0.3, 0.4) is 0 Å². The summed E-state index contributed by atoms with van der Waals surface area (Å²) in [6.07, 6.45) is 2.90. The summed E-state index contributed by atoms with van der Waals surface area (Å²) in [5.41, 5.74) is 5.36. The number of amidine groups is 1. The summed E-state index contributed by atoms with van der Waals surface area (Å²) in [4.78, 5) is 18.4. The lowest BCUT2D eigenvalue weighted by molar-refractivity contribution is -0.124. The van der Waals surface area contributed by atoms with E-state index in [1.54, 1.807) is 0 Å². The van der Waals surface area contributed by atoms with Crippen LogP contribution in [0.1, 0.15) is 19.3 Å². The number of carbonyl (C=O) groups is 1. The number of nitrogens with one attached hydrogen (secondary N) is 1. The lowest BCUT2D eigenvalue weighted by Crippen LogP contribution is -2.47. The smallest absolute Gasteiger partial charge is 0.242 e. The summed E-state index contributed by atoms with van der Waals surface area (Å²) in [5, 5.41) is 2.85. The molecule has 0 aromatic rings. The summed E-state index contributed by atoms with van der Waals surface area (Å²) >= 11 is 0. The van der Waals surface area contributed by atoms with Crippen LogP contribution in [0.15, 0.2) is 4.99 Å². The highest BCUT2D eigenvalue weighted by Gasteiger charge is 2.34. The molecule has 2 aliphatic heterocycles. The molecule has 3 N–H and O–H groups in total. The minimum atomic E-state index is -0.00407. The Balaban J connectivity index is 1.96. The molecule has 0 radical (unpaired) electrons. The molecule has 1 unspecified atom stereocenters. The molecule has 1 saturated heterocycles. The molecule has 2 aliphatic rings. The van der Waals surface area contributed by atoms with Crippen molar-refractivity contribution in [1.82, 2.24) is 10.2 Å². The molecule has 5 heteroatoms. The number of hydrogen-bond acceptors (Lipinski definition) is 4. The third kappa shape index (κ3) is 2.12. The molecule has 1 fully saturated rings. The van der Waals surface area contributed by atoms with Crippen molar-refractivity contribution in [1.29, 1.82) is 0 Å². The normalized spacial score (nSPS) is 24.7. The average molecular weight is 210 g/mol. The Labute approximate surface area is 89.7 Å². The van der Waals surface area contributed by atoms with E-state index in [4.69, 9.17) is 5.73 Å². The van der Waals surface area contributed by atoms with Crippen LogP contribution < -0.4 is 11.1 Å². The highest BCUT2D eigenvalue weighted by molar-refractivity contribution is 5.93. The molecule has 0 spiro atoms. The molecule has 0 aromatic carbocycles. The number of nitrogens with two attached hydrogens (primary N) is 1. The fourth-order valence-corrected chi connectivity index (χ4v) is 2.23. The van der Waals surface area contributed by atoms with Gasteiger partial charge in [0.25, 0.3) is 0 Å². The van der Waals surface area contributed by atoms with Crippen molar-refractivity contribution in [2.45, 2.75) is 25.3 Å². The van der Waals surface area contributed by atoms with E-state index < -0.39 is 0 Å². The van der Waals surface area contributed by atoms with E-state index in [2.05, 4.69) is 15.2 Å². The molecule has 2 rings (SSSR count). The minimum absolute atomic E-state index is 0.00407. The number of nitrogens with zero attached hydrogens (tertiary/aromatic N) is 2. The standard InChI is InChI=1S/C10H18N4O/c11-4-6-13-10(15)8-2-3-9-12-5-1-7-14(8)9/h8H,1-7,11H2,(H,13,15). The molecule has 2 heterocycles. The first-order valence-electron chi connectivity index (χ1n) is 5.60. The van der Waals surface area contributed by atoms with E-state index in [1.807, 2.05) is 0 Å². The van der Waals surface area contributed by atoms with Gasteiger partial charge in [-0.15, -0.1) is 0 Å². The van der Waals surface area contributed by atoms with Crippen LogP contribution in [-0.4, -0.2) is 48.9 Å². The molecule has 0 aromatic heterocycles. The van der Waals surface area contributed by atoms with Crippen LogP contribution in [-0.2, 0) is 4.79 Å². The molecule has 0 aliphatic carbocycles. The average Bonchev–Trinajstić information content (AvgIpc) is 2.69. The van der Waals surface area contributed by atoms with Crippen LogP contribution in [0.4, 0.5) is 0 Å². The summed E-state index contributed by atoms with van der Waals surface area (Å²) < 4.78 is 0. The van der Waals surface area contributed by atoms with Crippen LogP contribution in [0, 0.1) is 0 Å². The van der Waals surface area contributed by atoms with Crippen molar-refractivity contribution in [3.63, 3.8) is 0 Å². The van der Waals surface area contributed by atoms with Crippen molar-refractivity contribution in [2.75, 3.05) is 26.2 Å². The largest absolute Gasteiger partial charge is 0.353 e. The maximum atomic E-state index is 11.8. The Morgan fingerprint density at radius 3 is 3.33 bits per heavy atom. The van der Waals surface area contributed by atoms with Crippen LogP contribution in [0.2, 0.25) is 0 Å². The van der Waals surface area contributed by atoms with E-state index in [-0.39, 0.29) is 11.9 Å². The Morgan fingerprint density at radius 1 is 1.67 bits per heavy atom. The maximum absolute atomic E-state index is 11.8. The fourth-order valence-electron chi connectivity index (χ4n) is 2.23. The van der Waals surface area contributed by atoms with E-state index >= 15 is 0 Å². The predicted molar refractivity (Wildman–Crippen MR) is 58.7 cm³/mol. The summed E-state index contributed by atoms with van der Waals surface area (Å²) in [5.74, 6) is 1.22. The molecule has 84 valence electrons. The zero-order chi connectivity index (χ0) is 10.7. The lowest BCUT2D eigenvalue weighted by Gasteiger charge is -2.28. The summed E-state index contributed by atoms with van der Waals surface area (Å²) in [6.45, 7) is 2.96. The second kappa shape index (κ2) is 4.61. The van der Waals surface area contributed by atoms with Gasteiger partial charge in [0.1, 0.15) is 6.04 Å². The first kappa shape index (κ1) is 10.4. The van der Waals surface area contributed by atoms with Gasteiger partial charge in [0.15, 0.2) is 0 Å². The minimum Gasteiger partial charge on any atom is -0.353 e. The third-order valence-electron chi connectivity index (χ3n) is 2.95. The summed E-state index contributed by atoms with van der Waals surface area (Å²) in [7, 11) is 0. The topological polar surface area (TPSA) is 70.7 Å². The van der Waals surface area contributed by atoms with Crippen LogP contribution >= 0.6 is 0 Å². The van der Waals surface area contributed by atoms with E-state index in [9.17, 15) is 4.79 Å². The van der Waals surface area contributed by atoms with Crippen LogP contribution in [0.25, 0.3) is 0 Å². The fraction of sp³-hybridized carbons (Fsp3) is 0.800. The van der Waals surface area contributed by atoms with Gasteiger partial charge in [-0.3, -0.25) is 9.79 Å². The number of fused-ring (bicyclic) bond motifs is 1. The van der Waals surface area contributed by atoms with E-state index in [0.717, 1.165) is 38.2 Å². The van der Waals surface area contributed by atoms with Crippen molar-refractivity contribution in [3.8, 4) is 0 Å². The van der Waals surface area contributed by atoms with Gasteiger partial charge < -0.3 is 16.0 Å². The molecular weight excluding hydrogens is 192 g/mol. The Morgan fingerprint density at radius 2 is 2.53 bits per heavy atom. The Hall–Kier alpha value is -1.10. The zero-order valence-electron chi connectivity index (χ0n) is 8.91. The van der Waals surface area contributed by atoms with Crippen molar-refractivity contribution >= 4 is 11.7 Å². The first-order valence-corrected chi connectivity index (χ1v) is 5.60. The first-order chi connectivity index (χ1) is 7.33.